The molecular weight excluding hydrogens is 154 g/mol. The van der Waals surface area contributed by atoms with Crippen molar-refractivity contribution in [1.82, 2.24) is 0 Å². The van der Waals surface area contributed by atoms with Gasteiger partial charge >= 0.3 is 0 Å². The quantitative estimate of drug-likeness (QED) is 0.370. The molecule has 0 amide bonds. The highest BCUT2D eigenvalue weighted by atomic mass is 16.6. The molecule has 0 atom stereocenters. The summed E-state index contributed by atoms with van der Waals surface area (Å²) in [6.45, 7) is 0.103. The van der Waals surface area contributed by atoms with Gasteiger partial charge in [-0.15, -0.1) is 0 Å². The van der Waals surface area contributed by atoms with Crippen LogP contribution in [0.2, 0.25) is 0 Å². The van der Waals surface area contributed by atoms with Crippen molar-refractivity contribution < 1.29 is 4.92 Å². The maximum absolute atomic E-state index is 10.1. The van der Waals surface area contributed by atoms with Gasteiger partial charge in [0, 0.05) is 11.3 Å². The lowest BCUT2D eigenvalue weighted by atomic mass is 10.1. The fourth-order valence-corrected chi connectivity index (χ4v) is 1.54. The second kappa shape index (κ2) is 4.91. The third-order valence-corrected chi connectivity index (χ3v) is 2.25. The summed E-state index contributed by atoms with van der Waals surface area (Å²) in [5.74, 6) is 0. The van der Waals surface area contributed by atoms with Crippen LogP contribution in [-0.4, -0.2) is 11.5 Å². The molecule has 0 radical (unpaired) electrons. The standard InChI is InChI=1S/C9H15NO2/c11-10(12)8-7-9-5-3-1-2-4-6-9/h5H,1-4,6-8H2. The molecule has 68 valence electrons. The van der Waals surface area contributed by atoms with Crippen LogP contribution < -0.4 is 0 Å². The molecule has 0 aromatic heterocycles. The molecule has 1 aliphatic carbocycles. The minimum atomic E-state index is -0.230. The van der Waals surface area contributed by atoms with Crippen LogP contribution in [0.25, 0.3) is 0 Å². The van der Waals surface area contributed by atoms with Crippen LogP contribution in [0.4, 0.5) is 0 Å². The summed E-state index contributed by atoms with van der Waals surface area (Å²) in [6, 6.07) is 0. The van der Waals surface area contributed by atoms with Crippen LogP contribution in [0, 0.1) is 10.1 Å². The van der Waals surface area contributed by atoms with Crippen LogP contribution in [0.15, 0.2) is 11.6 Å². The van der Waals surface area contributed by atoms with Crippen LogP contribution in [0.5, 0.6) is 0 Å². The molecule has 0 aromatic rings. The van der Waals surface area contributed by atoms with Gasteiger partial charge in [-0.2, -0.15) is 0 Å². The SMILES string of the molecule is O=[N+]([O-])CCC1=CCCCCC1. The molecule has 0 bridgehead atoms. The number of nitro groups is 1. The third kappa shape index (κ3) is 3.51. The fourth-order valence-electron chi connectivity index (χ4n) is 1.54. The average molecular weight is 169 g/mol. The molecule has 3 nitrogen and oxygen atoms in total. The van der Waals surface area contributed by atoms with Gasteiger partial charge in [-0.05, 0) is 25.7 Å². The molecule has 1 aliphatic rings. The first-order valence-corrected chi connectivity index (χ1v) is 4.59. The molecular formula is C9H15NO2. The number of hydrogen-bond donors (Lipinski definition) is 0. The van der Waals surface area contributed by atoms with Crippen molar-refractivity contribution in [3.05, 3.63) is 21.8 Å². The minimum absolute atomic E-state index is 0.103. The number of allylic oxidation sites excluding steroid dienone is 1. The first-order valence-electron chi connectivity index (χ1n) is 4.59. The Balaban J connectivity index is 2.28. The van der Waals surface area contributed by atoms with E-state index in [1.165, 1.54) is 24.8 Å². The predicted molar refractivity (Wildman–Crippen MR) is 47.6 cm³/mol. The van der Waals surface area contributed by atoms with E-state index in [4.69, 9.17) is 0 Å². The zero-order chi connectivity index (χ0) is 8.81. The van der Waals surface area contributed by atoms with E-state index in [1.807, 2.05) is 0 Å². The molecule has 0 heterocycles. The molecule has 0 aliphatic heterocycles. The van der Waals surface area contributed by atoms with Gasteiger partial charge in [0.05, 0.1) is 0 Å². The molecule has 1 rings (SSSR count). The lowest BCUT2D eigenvalue weighted by molar-refractivity contribution is -0.479. The molecule has 0 unspecified atom stereocenters. The van der Waals surface area contributed by atoms with Gasteiger partial charge in [0.1, 0.15) is 0 Å². The van der Waals surface area contributed by atoms with Crippen LogP contribution in [0.1, 0.15) is 38.5 Å². The predicted octanol–water partition coefficient (Wildman–Crippen LogP) is 2.54. The molecule has 3 heteroatoms. The summed E-state index contributed by atoms with van der Waals surface area (Å²) in [6.07, 6.45) is 8.79. The van der Waals surface area contributed by atoms with Gasteiger partial charge in [0.25, 0.3) is 0 Å². The second-order valence-electron chi connectivity index (χ2n) is 3.27. The van der Waals surface area contributed by atoms with E-state index in [9.17, 15) is 10.1 Å². The van der Waals surface area contributed by atoms with Crippen molar-refractivity contribution >= 4 is 0 Å². The van der Waals surface area contributed by atoms with E-state index < -0.39 is 0 Å². The highest BCUT2D eigenvalue weighted by Crippen LogP contribution is 2.19. The zero-order valence-electron chi connectivity index (χ0n) is 7.29. The molecule has 0 saturated heterocycles. The van der Waals surface area contributed by atoms with Crippen LogP contribution >= 0.6 is 0 Å². The van der Waals surface area contributed by atoms with E-state index in [0.717, 1.165) is 12.8 Å². The summed E-state index contributed by atoms with van der Waals surface area (Å²) in [5, 5.41) is 10.1. The van der Waals surface area contributed by atoms with Crippen molar-refractivity contribution in [2.45, 2.75) is 38.5 Å². The molecule has 0 spiro atoms. The van der Waals surface area contributed by atoms with E-state index in [-0.39, 0.29) is 11.5 Å². The lowest BCUT2D eigenvalue weighted by Gasteiger charge is -2.00. The fraction of sp³-hybridized carbons (Fsp3) is 0.778. The normalized spacial score (nSPS) is 18.2. The van der Waals surface area contributed by atoms with Crippen LogP contribution in [-0.2, 0) is 0 Å². The summed E-state index contributed by atoms with van der Waals surface area (Å²) >= 11 is 0. The first-order chi connectivity index (χ1) is 5.79. The Bertz CT molecular complexity index is 187. The third-order valence-electron chi connectivity index (χ3n) is 2.25. The Morgan fingerprint density at radius 1 is 1.42 bits per heavy atom. The summed E-state index contributed by atoms with van der Waals surface area (Å²) in [5.41, 5.74) is 1.30. The summed E-state index contributed by atoms with van der Waals surface area (Å²) < 4.78 is 0. The summed E-state index contributed by atoms with van der Waals surface area (Å²) in [7, 11) is 0. The van der Waals surface area contributed by atoms with Crippen molar-refractivity contribution in [2.24, 2.45) is 0 Å². The Morgan fingerprint density at radius 3 is 3.00 bits per heavy atom. The Hall–Kier alpha value is -0.860. The highest BCUT2D eigenvalue weighted by Gasteiger charge is 2.05. The van der Waals surface area contributed by atoms with E-state index >= 15 is 0 Å². The molecule has 0 aromatic carbocycles. The van der Waals surface area contributed by atoms with Crippen molar-refractivity contribution in [2.75, 3.05) is 6.54 Å². The van der Waals surface area contributed by atoms with Crippen molar-refractivity contribution in [1.29, 1.82) is 0 Å². The van der Waals surface area contributed by atoms with E-state index in [0.29, 0.717) is 6.42 Å². The Kier molecular flexibility index (Phi) is 3.77. The minimum Gasteiger partial charge on any atom is -0.265 e. The number of rotatable bonds is 3. The lowest BCUT2D eigenvalue weighted by Crippen LogP contribution is -2.01. The Morgan fingerprint density at radius 2 is 2.25 bits per heavy atom. The topological polar surface area (TPSA) is 43.1 Å². The van der Waals surface area contributed by atoms with Gasteiger partial charge in [-0.3, -0.25) is 10.1 Å². The van der Waals surface area contributed by atoms with Gasteiger partial charge in [0.2, 0.25) is 6.54 Å². The van der Waals surface area contributed by atoms with Crippen molar-refractivity contribution in [3.63, 3.8) is 0 Å². The maximum Gasteiger partial charge on any atom is 0.207 e. The molecule has 0 N–H and O–H groups in total. The zero-order valence-corrected chi connectivity index (χ0v) is 7.29. The van der Waals surface area contributed by atoms with Crippen molar-refractivity contribution in [3.8, 4) is 0 Å². The van der Waals surface area contributed by atoms with Gasteiger partial charge in [-0.1, -0.05) is 18.1 Å². The van der Waals surface area contributed by atoms with Gasteiger partial charge in [-0.25, -0.2) is 0 Å². The molecule has 0 fully saturated rings. The van der Waals surface area contributed by atoms with Gasteiger partial charge < -0.3 is 0 Å². The van der Waals surface area contributed by atoms with E-state index in [2.05, 4.69) is 6.08 Å². The van der Waals surface area contributed by atoms with Gasteiger partial charge in [0.15, 0.2) is 0 Å². The second-order valence-corrected chi connectivity index (χ2v) is 3.27. The average Bonchev–Trinajstić information content (AvgIpc) is 2.28. The Labute approximate surface area is 72.6 Å². The summed E-state index contributed by atoms with van der Waals surface area (Å²) in [4.78, 5) is 9.88. The highest BCUT2D eigenvalue weighted by molar-refractivity contribution is 5.03. The number of hydrogen-bond acceptors (Lipinski definition) is 2. The molecule has 0 saturated carbocycles. The van der Waals surface area contributed by atoms with E-state index in [1.54, 1.807) is 0 Å². The monoisotopic (exact) mass is 169 g/mol. The first kappa shape index (κ1) is 9.23. The molecule has 12 heavy (non-hydrogen) atoms. The number of nitrogens with zero attached hydrogens (tertiary/aromatic N) is 1. The maximum atomic E-state index is 10.1. The smallest absolute Gasteiger partial charge is 0.207 e. The van der Waals surface area contributed by atoms with Crippen LogP contribution in [0.3, 0.4) is 0 Å². The largest absolute Gasteiger partial charge is 0.265 e.